The van der Waals surface area contributed by atoms with Gasteiger partial charge in [0.1, 0.15) is 0 Å². The fourth-order valence-corrected chi connectivity index (χ4v) is 1.84. The predicted octanol–water partition coefficient (Wildman–Crippen LogP) is 4.20. The maximum absolute atomic E-state index is 5.99. The zero-order chi connectivity index (χ0) is 9.42. The van der Waals surface area contributed by atoms with Gasteiger partial charge in [0.15, 0.2) is 0 Å². The van der Waals surface area contributed by atoms with Gasteiger partial charge < -0.3 is 0 Å². The summed E-state index contributed by atoms with van der Waals surface area (Å²) in [4.78, 5) is 3.96. The zero-order valence-corrected chi connectivity index (χ0v) is 8.66. The zero-order valence-electron chi connectivity index (χ0n) is 6.39. The van der Waals surface area contributed by atoms with Crippen molar-refractivity contribution < 1.29 is 0 Å². The van der Waals surface area contributed by atoms with Crippen molar-refractivity contribution in [1.82, 2.24) is 4.98 Å². The number of rotatable bonds is 0. The van der Waals surface area contributed by atoms with E-state index in [1.54, 1.807) is 24.5 Å². The Morgan fingerprint density at radius 1 is 1.08 bits per heavy atom. The highest BCUT2D eigenvalue weighted by molar-refractivity contribution is 6.50. The monoisotopic (exact) mass is 231 g/mol. The fourth-order valence-electron chi connectivity index (χ4n) is 1.14. The van der Waals surface area contributed by atoms with Gasteiger partial charge in [-0.3, -0.25) is 4.98 Å². The van der Waals surface area contributed by atoms with Crippen molar-refractivity contribution in [3.63, 3.8) is 0 Å². The van der Waals surface area contributed by atoms with E-state index in [9.17, 15) is 0 Å². The second-order valence-corrected chi connectivity index (χ2v) is 3.75. The Morgan fingerprint density at radius 3 is 2.62 bits per heavy atom. The lowest BCUT2D eigenvalue weighted by Crippen LogP contribution is -1.79. The molecule has 0 saturated heterocycles. The summed E-state index contributed by atoms with van der Waals surface area (Å²) in [6.45, 7) is 0. The molecule has 2 rings (SSSR count). The Morgan fingerprint density at radius 2 is 1.85 bits per heavy atom. The highest BCUT2D eigenvalue weighted by Gasteiger charge is 2.07. The summed E-state index contributed by atoms with van der Waals surface area (Å²) in [7, 11) is 0. The Hall–Kier alpha value is -0.500. The third-order valence-electron chi connectivity index (χ3n) is 1.77. The Balaban J connectivity index is 2.94. The second-order valence-electron chi connectivity index (χ2n) is 2.58. The first-order chi connectivity index (χ1) is 6.20. The van der Waals surface area contributed by atoms with Gasteiger partial charge in [-0.15, -0.1) is 0 Å². The summed E-state index contributed by atoms with van der Waals surface area (Å²) in [6, 6.07) is 3.55. The smallest absolute Gasteiger partial charge is 0.0785 e. The van der Waals surface area contributed by atoms with E-state index in [4.69, 9.17) is 34.8 Å². The summed E-state index contributed by atoms with van der Waals surface area (Å²) in [5.41, 5.74) is 0. The quantitative estimate of drug-likeness (QED) is 0.621. The number of benzene rings is 1. The van der Waals surface area contributed by atoms with Crippen LogP contribution in [0.2, 0.25) is 15.1 Å². The maximum atomic E-state index is 5.99. The third-order valence-corrected chi connectivity index (χ3v) is 3.05. The van der Waals surface area contributed by atoms with Crippen LogP contribution in [0.25, 0.3) is 10.8 Å². The van der Waals surface area contributed by atoms with E-state index in [2.05, 4.69) is 4.98 Å². The molecule has 0 saturated carbocycles. The molecule has 0 fully saturated rings. The van der Waals surface area contributed by atoms with Crippen LogP contribution < -0.4 is 0 Å². The molecule has 4 heteroatoms. The standard InChI is InChI=1S/C9H4Cl3N/c10-7-3-5-4-13-2-1-6(5)8(11)9(7)12/h1-4H. The molecule has 66 valence electrons. The number of halogens is 3. The molecule has 0 aliphatic rings. The average molecular weight is 232 g/mol. The molecule has 0 aliphatic carbocycles. The van der Waals surface area contributed by atoms with Crippen LogP contribution in [0.5, 0.6) is 0 Å². The lowest BCUT2D eigenvalue weighted by Gasteiger charge is -2.03. The van der Waals surface area contributed by atoms with E-state index in [0.717, 1.165) is 10.8 Å². The highest BCUT2D eigenvalue weighted by atomic mass is 35.5. The van der Waals surface area contributed by atoms with Crippen LogP contribution in [0, 0.1) is 0 Å². The number of nitrogens with zero attached hydrogens (tertiary/aromatic N) is 1. The molecular formula is C9H4Cl3N. The number of aromatic nitrogens is 1. The minimum Gasteiger partial charge on any atom is -0.264 e. The van der Waals surface area contributed by atoms with Crippen molar-refractivity contribution in [3.05, 3.63) is 39.6 Å². The lowest BCUT2D eigenvalue weighted by atomic mass is 10.2. The number of hydrogen-bond acceptors (Lipinski definition) is 1. The minimum atomic E-state index is 0.391. The Labute approximate surface area is 90.2 Å². The molecule has 0 bridgehead atoms. The summed E-state index contributed by atoms with van der Waals surface area (Å²) in [5.74, 6) is 0. The number of hydrogen-bond donors (Lipinski definition) is 0. The average Bonchev–Trinajstić information content (AvgIpc) is 2.15. The van der Waals surface area contributed by atoms with Gasteiger partial charge in [-0.1, -0.05) is 34.8 Å². The highest BCUT2D eigenvalue weighted by Crippen LogP contribution is 2.36. The maximum Gasteiger partial charge on any atom is 0.0785 e. The summed E-state index contributed by atoms with van der Waals surface area (Å²) < 4.78 is 0. The molecule has 1 aromatic heterocycles. The van der Waals surface area contributed by atoms with Crippen molar-refractivity contribution in [2.75, 3.05) is 0 Å². The molecule has 0 atom stereocenters. The van der Waals surface area contributed by atoms with Crippen LogP contribution in [0.1, 0.15) is 0 Å². The first-order valence-electron chi connectivity index (χ1n) is 3.57. The van der Waals surface area contributed by atoms with Crippen LogP contribution >= 0.6 is 34.8 Å². The molecule has 1 aromatic carbocycles. The van der Waals surface area contributed by atoms with E-state index in [1.165, 1.54) is 0 Å². The lowest BCUT2D eigenvalue weighted by molar-refractivity contribution is 1.36. The van der Waals surface area contributed by atoms with Gasteiger partial charge in [0.2, 0.25) is 0 Å². The van der Waals surface area contributed by atoms with E-state index in [0.29, 0.717) is 15.1 Å². The van der Waals surface area contributed by atoms with E-state index >= 15 is 0 Å². The van der Waals surface area contributed by atoms with Crippen molar-refractivity contribution >= 4 is 45.6 Å². The van der Waals surface area contributed by atoms with Gasteiger partial charge in [-0.05, 0) is 12.1 Å². The van der Waals surface area contributed by atoms with Gasteiger partial charge in [0.25, 0.3) is 0 Å². The SMILES string of the molecule is Clc1cc2cnccc2c(Cl)c1Cl. The van der Waals surface area contributed by atoms with E-state index in [-0.39, 0.29) is 0 Å². The third kappa shape index (κ3) is 1.48. The van der Waals surface area contributed by atoms with Gasteiger partial charge in [-0.2, -0.15) is 0 Å². The van der Waals surface area contributed by atoms with Crippen LogP contribution in [-0.2, 0) is 0 Å². The normalized spacial score (nSPS) is 10.7. The molecule has 0 amide bonds. The largest absolute Gasteiger partial charge is 0.264 e. The first-order valence-corrected chi connectivity index (χ1v) is 4.71. The molecule has 0 spiro atoms. The molecule has 1 heterocycles. The van der Waals surface area contributed by atoms with Crippen molar-refractivity contribution in [1.29, 1.82) is 0 Å². The molecular weight excluding hydrogens is 228 g/mol. The van der Waals surface area contributed by atoms with E-state index in [1.807, 2.05) is 0 Å². The van der Waals surface area contributed by atoms with Crippen LogP contribution in [0.4, 0.5) is 0 Å². The molecule has 2 aromatic rings. The number of pyridine rings is 1. The molecule has 0 N–H and O–H groups in total. The van der Waals surface area contributed by atoms with Crippen LogP contribution in [0.3, 0.4) is 0 Å². The summed E-state index contributed by atoms with van der Waals surface area (Å²) >= 11 is 17.7. The molecule has 0 radical (unpaired) electrons. The molecule has 13 heavy (non-hydrogen) atoms. The topological polar surface area (TPSA) is 12.9 Å². The van der Waals surface area contributed by atoms with Gasteiger partial charge >= 0.3 is 0 Å². The minimum absolute atomic E-state index is 0.391. The molecule has 1 nitrogen and oxygen atoms in total. The summed E-state index contributed by atoms with van der Waals surface area (Å²) in [6.07, 6.45) is 3.36. The Bertz CT molecular complexity index is 468. The van der Waals surface area contributed by atoms with Crippen LogP contribution in [0.15, 0.2) is 24.5 Å². The van der Waals surface area contributed by atoms with Gasteiger partial charge in [0, 0.05) is 23.2 Å². The second kappa shape index (κ2) is 3.33. The van der Waals surface area contributed by atoms with Gasteiger partial charge in [0.05, 0.1) is 15.1 Å². The first kappa shape index (κ1) is 9.07. The van der Waals surface area contributed by atoms with Crippen molar-refractivity contribution in [2.24, 2.45) is 0 Å². The fraction of sp³-hybridized carbons (Fsp3) is 0. The van der Waals surface area contributed by atoms with Crippen molar-refractivity contribution in [2.45, 2.75) is 0 Å². The predicted molar refractivity (Wildman–Crippen MR) is 56.8 cm³/mol. The molecule has 0 unspecified atom stereocenters. The van der Waals surface area contributed by atoms with E-state index < -0.39 is 0 Å². The van der Waals surface area contributed by atoms with Crippen molar-refractivity contribution in [3.8, 4) is 0 Å². The Kier molecular flexibility index (Phi) is 2.33. The molecule has 0 aliphatic heterocycles. The summed E-state index contributed by atoms with van der Waals surface area (Å²) in [5, 5.41) is 3.08. The van der Waals surface area contributed by atoms with Gasteiger partial charge in [-0.25, -0.2) is 0 Å². The van der Waals surface area contributed by atoms with Crippen LogP contribution in [-0.4, -0.2) is 4.98 Å². The number of fused-ring (bicyclic) bond motifs is 1.